The third-order valence-corrected chi connectivity index (χ3v) is 8.51. The number of nitrogens with two attached hydrogens (primary N) is 2. The topological polar surface area (TPSA) is 117 Å². The Balaban J connectivity index is 1.38. The molecule has 2 aromatic heterocycles. The Morgan fingerprint density at radius 3 is 2.75 bits per heavy atom. The summed E-state index contributed by atoms with van der Waals surface area (Å²) in [6, 6.07) is 12.3. The molecular formula is C27H34N6O2S. The van der Waals surface area contributed by atoms with Crippen molar-refractivity contribution in [3.63, 3.8) is 0 Å². The third-order valence-electron chi connectivity index (χ3n) is 7.08. The molecule has 1 aliphatic heterocycles. The van der Waals surface area contributed by atoms with E-state index < -0.39 is 11.4 Å². The average molecular weight is 507 g/mol. The monoisotopic (exact) mass is 506 g/mol. The first-order valence-corrected chi connectivity index (χ1v) is 13.6. The first-order valence-electron chi connectivity index (χ1n) is 12.5. The minimum Gasteiger partial charge on any atom is -0.593 e. The Bertz CT molecular complexity index is 1250. The van der Waals surface area contributed by atoms with Crippen LogP contribution in [0.1, 0.15) is 54.3 Å². The van der Waals surface area contributed by atoms with Crippen LogP contribution in [0.2, 0.25) is 0 Å². The van der Waals surface area contributed by atoms with E-state index >= 15 is 0 Å². The predicted octanol–water partition coefficient (Wildman–Crippen LogP) is 3.80. The van der Waals surface area contributed by atoms with Gasteiger partial charge in [-0.25, -0.2) is 10.8 Å². The summed E-state index contributed by atoms with van der Waals surface area (Å²) in [5.74, 6) is 6.72. The van der Waals surface area contributed by atoms with Crippen LogP contribution in [0.15, 0.2) is 47.5 Å². The van der Waals surface area contributed by atoms with E-state index in [0.717, 1.165) is 58.7 Å². The lowest BCUT2D eigenvalue weighted by molar-refractivity contribution is 0.161. The molecular weight excluding hydrogens is 472 g/mol. The highest BCUT2D eigenvalue weighted by Gasteiger charge is 2.35. The molecule has 36 heavy (non-hydrogen) atoms. The molecule has 5 rings (SSSR count). The highest BCUT2D eigenvalue weighted by Crippen LogP contribution is 2.35. The maximum atomic E-state index is 13.5. The normalized spacial score (nSPS) is 19.9. The fourth-order valence-corrected chi connectivity index (χ4v) is 5.79. The summed E-state index contributed by atoms with van der Waals surface area (Å²) in [7, 11) is 0. The Hall–Kier alpha value is -2.85. The minimum atomic E-state index is -1.39. The van der Waals surface area contributed by atoms with E-state index in [1.54, 1.807) is 17.3 Å². The van der Waals surface area contributed by atoms with Crippen molar-refractivity contribution in [3.8, 4) is 5.88 Å². The highest BCUT2D eigenvalue weighted by atomic mass is 32.2. The number of benzene rings is 1. The molecule has 0 spiro atoms. The van der Waals surface area contributed by atoms with Gasteiger partial charge in [-0.1, -0.05) is 19.1 Å². The van der Waals surface area contributed by atoms with Gasteiger partial charge in [0.2, 0.25) is 4.90 Å². The van der Waals surface area contributed by atoms with Crippen LogP contribution in [0.25, 0.3) is 0 Å². The molecule has 1 aromatic carbocycles. The number of anilines is 2. The summed E-state index contributed by atoms with van der Waals surface area (Å²) in [5.41, 5.74) is 13.2. The zero-order valence-corrected chi connectivity index (χ0v) is 21.9. The Kier molecular flexibility index (Phi) is 7.07. The van der Waals surface area contributed by atoms with Gasteiger partial charge in [-0.15, -0.1) is 4.31 Å². The largest absolute Gasteiger partial charge is 0.593 e. The lowest BCUT2D eigenvalue weighted by Gasteiger charge is -2.24. The molecule has 8 nitrogen and oxygen atoms in total. The number of nitrogens with zero attached hydrogens (tertiary/aromatic N) is 4. The highest BCUT2D eigenvalue weighted by molar-refractivity contribution is 7.89. The quantitative estimate of drug-likeness (QED) is 0.215. The molecule has 4 N–H and O–H groups in total. The van der Waals surface area contributed by atoms with E-state index in [4.69, 9.17) is 21.3 Å². The zero-order chi connectivity index (χ0) is 25.4. The number of pyridine rings is 2. The van der Waals surface area contributed by atoms with Crippen molar-refractivity contribution in [3.05, 3.63) is 70.7 Å². The van der Waals surface area contributed by atoms with Crippen LogP contribution in [0.4, 0.5) is 11.4 Å². The third kappa shape index (κ3) is 5.01. The second-order valence-electron chi connectivity index (χ2n) is 9.69. The summed E-state index contributed by atoms with van der Waals surface area (Å²) in [4.78, 5) is 9.91. The van der Waals surface area contributed by atoms with E-state index in [9.17, 15) is 4.55 Å². The first-order chi connectivity index (χ1) is 17.4. The molecule has 1 saturated carbocycles. The number of hydrazine groups is 1. The Morgan fingerprint density at radius 2 is 2.00 bits per heavy atom. The van der Waals surface area contributed by atoms with Crippen LogP contribution in [0.3, 0.4) is 0 Å². The second kappa shape index (κ2) is 10.3. The van der Waals surface area contributed by atoms with Gasteiger partial charge in [-0.05, 0) is 68.0 Å². The standard InChI is InChI=1S/C27H34N6O2S/c1-4-22-15-32(36(34)25-6-5-13-30-27(25)35-22)16-23-17(2)7-9-20(31-23)14-19-8-12-24(26(28)18(19)3)33(29)21-10-11-21/h5-9,12-13,21-22H,4,10-11,14-16,28-29H2,1-3H3. The number of ether oxygens (including phenoxy) is 1. The van der Waals surface area contributed by atoms with Crippen LogP contribution in [0.5, 0.6) is 5.88 Å². The molecule has 0 radical (unpaired) electrons. The van der Waals surface area contributed by atoms with E-state index in [1.807, 2.05) is 30.3 Å². The SMILES string of the molecule is CCC1CN(Cc2nc(Cc3ccc(N(N)C4CC4)c(N)c3C)ccc2C)[S+]([O-])c2cccnc2O1. The summed E-state index contributed by atoms with van der Waals surface area (Å²) in [6.07, 6.45) is 5.27. The van der Waals surface area contributed by atoms with Crippen LogP contribution < -0.4 is 21.3 Å². The van der Waals surface area contributed by atoms with E-state index in [1.165, 1.54) is 0 Å². The molecule has 2 unspecified atom stereocenters. The fraction of sp³-hybridized carbons (Fsp3) is 0.407. The van der Waals surface area contributed by atoms with Crippen LogP contribution in [0, 0.1) is 13.8 Å². The van der Waals surface area contributed by atoms with Crippen molar-refractivity contribution in [2.24, 2.45) is 5.84 Å². The van der Waals surface area contributed by atoms with Crippen LogP contribution in [-0.2, 0) is 24.3 Å². The predicted molar refractivity (Wildman–Crippen MR) is 143 cm³/mol. The van der Waals surface area contributed by atoms with Gasteiger partial charge < -0.3 is 20.0 Å². The van der Waals surface area contributed by atoms with Crippen molar-refractivity contribution in [1.29, 1.82) is 0 Å². The Morgan fingerprint density at radius 1 is 1.19 bits per heavy atom. The summed E-state index contributed by atoms with van der Waals surface area (Å²) in [5, 5.41) is 1.80. The van der Waals surface area contributed by atoms with Gasteiger partial charge >= 0.3 is 0 Å². The average Bonchev–Trinajstić information content (AvgIpc) is 3.73. The maximum absolute atomic E-state index is 13.5. The second-order valence-corrected chi connectivity index (χ2v) is 11.1. The van der Waals surface area contributed by atoms with E-state index in [0.29, 0.717) is 36.3 Å². The van der Waals surface area contributed by atoms with Crippen LogP contribution >= 0.6 is 0 Å². The number of fused-ring (bicyclic) bond motifs is 1. The van der Waals surface area contributed by atoms with Crippen molar-refractivity contribution >= 4 is 22.7 Å². The first kappa shape index (κ1) is 24.8. The van der Waals surface area contributed by atoms with E-state index in [2.05, 4.69) is 30.1 Å². The fourth-order valence-electron chi connectivity index (χ4n) is 4.52. The van der Waals surface area contributed by atoms with Gasteiger partial charge in [0.15, 0.2) is 0 Å². The lowest BCUT2D eigenvalue weighted by Crippen LogP contribution is -2.36. The zero-order valence-electron chi connectivity index (χ0n) is 21.1. The van der Waals surface area contributed by atoms with E-state index in [-0.39, 0.29) is 6.10 Å². The maximum Gasteiger partial charge on any atom is 0.273 e. The number of hydrogen-bond donors (Lipinski definition) is 2. The molecule has 1 fully saturated rings. The van der Waals surface area contributed by atoms with Gasteiger partial charge in [0, 0.05) is 30.4 Å². The molecule has 2 atom stereocenters. The number of aromatic nitrogens is 2. The van der Waals surface area contributed by atoms with Crippen LogP contribution in [-0.4, -0.2) is 37.5 Å². The van der Waals surface area contributed by atoms with Crippen molar-refractivity contribution < 1.29 is 9.29 Å². The molecule has 1 aliphatic carbocycles. The van der Waals surface area contributed by atoms with Gasteiger partial charge in [0.25, 0.3) is 5.88 Å². The minimum absolute atomic E-state index is 0.0875. The van der Waals surface area contributed by atoms with Crippen molar-refractivity contribution in [2.75, 3.05) is 17.3 Å². The van der Waals surface area contributed by atoms with Gasteiger partial charge in [0.1, 0.15) is 6.10 Å². The smallest absolute Gasteiger partial charge is 0.273 e. The number of nitrogen functional groups attached to an aromatic ring is 1. The number of hydrogen-bond acceptors (Lipinski definition) is 8. The van der Waals surface area contributed by atoms with Crippen molar-refractivity contribution in [1.82, 2.24) is 14.3 Å². The molecule has 0 saturated heterocycles. The molecule has 9 heteroatoms. The molecule has 2 aliphatic rings. The van der Waals surface area contributed by atoms with Gasteiger partial charge in [-0.2, -0.15) is 0 Å². The molecule has 3 heterocycles. The molecule has 0 amide bonds. The lowest BCUT2D eigenvalue weighted by atomic mass is 10.00. The summed E-state index contributed by atoms with van der Waals surface area (Å²) < 4.78 is 21.5. The number of aryl methyl sites for hydroxylation is 1. The van der Waals surface area contributed by atoms with Crippen molar-refractivity contribution in [2.45, 2.75) is 70.0 Å². The molecule has 3 aromatic rings. The van der Waals surface area contributed by atoms with Gasteiger partial charge in [-0.3, -0.25) is 4.98 Å². The Labute approximate surface area is 216 Å². The molecule has 190 valence electrons. The molecule has 0 bridgehead atoms. The summed E-state index contributed by atoms with van der Waals surface area (Å²) in [6.45, 7) is 7.16. The number of rotatable bonds is 7. The summed E-state index contributed by atoms with van der Waals surface area (Å²) >= 11 is -1.39. The van der Waals surface area contributed by atoms with Gasteiger partial charge in [0.05, 0.1) is 41.5 Å².